The Labute approximate surface area is 132 Å². The highest BCUT2D eigenvalue weighted by Crippen LogP contribution is 2.34. The van der Waals surface area contributed by atoms with Gasteiger partial charge in [-0.25, -0.2) is 4.98 Å². The van der Waals surface area contributed by atoms with Crippen molar-refractivity contribution < 1.29 is 0 Å². The third-order valence-electron chi connectivity index (χ3n) is 3.84. The number of nitrogens with zero attached hydrogens (tertiary/aromatic N) is 1. The molecular weight excluding hydrogens is 332 g/mol. The van der Waals surface area contributed by atoms with Crippen molar-refractivity contribution >= 4 is 33.0 Å². The zero-order valence-corrected chi connectivity index (χ0v) is 14.3. The van der Waals surface area contributed by atoms with Crippen LogP contribution >= 0.6 is 27.3 Å². The van der Waals surface area contributed by atoms with Gasteiger partial charge in [0.15, 0.2) is 0 Å². The fourth-order valence-electron chi connectivity index (χ4n) is 2.69. The average molecular weight is 351 g/mol. The van der Waals surface area contributed by atoms with Crippen molar-refractivity contribution in [1.82, 2.24) is 4.98 Å². The van der Waals surface area contributed by atoms with E-state index in [2.05, 4.69) is 52.2 Å². The summed E-state index contributed by atoms with van der Waals surface area (Å²) >= 11 is 5.42. The Morgan fingerprint density at radius 3 is 2.85 bits per heavy atom. The minimum absolute atomic E-state index is 0.341. The first-order valence-electron chi connectivity index (χ1n) is 7.13. The smallest absolute Gasteiger partial charge is 0.109 e. The Bertz CT molecular complexity index is 597. The number of pyridine rings is 1. The lowest BCUT2D eigenvalue weighted by Gasteiger charge is -2.14. The molecule has 0 radical (unpaired) electrons. The molecule has 0 aliphatic heterocycles. The first-order valence-corrected chi connectivity index (χ1v) is 8.74. The minimum Gasteiger partial charge on any atom is -0.376 e. The first-order chi connectivity index (χ1) is 9.63. The van der Waals surface area contributed by atoms with Gasteiger partial charge < -0.3 is 5.32 Å². The molecule has 0 saturated carbocycles. The van der Waals surface area contributed by atoms with Gasteiger partial charge in [0, 0.05) is 9.75 Å². The normalized spacial score (nSPS) is 15.8. The molecule has 2 aromatic rings. The number of thiophene rings is 1. The van der Waals surface area contributed by atoms with E-state index < -0.39 is 0 Å². The molecule has 1 aliphatic rings. The zero-order chi connectivity index (χ0) is 14.1. The molecule has 4 heteroatoms. The molecule has 20 heavy (non-hydrogen) atoms. The second-order valence-corrected chi connectivity index (χ2v) is 7.42. The Kier molecular flexibility index (Phi) is 4.13. The van der Waals surface area contributed by atoms with E-state index in [9.17, 15) is 0 Å². The molecule has 1 unspecified atom stereocenters. The summed E-state index contributed by atoms with van der Waals surface area (Å²) in [6, 6.07) is 4.88. The summed E-state index contributed by atoms with van der Waals surface area (Å²) in [7, 11) is 0. The van der Waals surface area contributed by atoms with E-state index >= 15 is 0 Å². The van der Waals surface area contributed by atoms with Crippen LogP contribution in [0, 0.1) is 6.92 Å². The van der Waals surface area contributed by atoms with Crippen LogP contribution in [0.3, 0.4) is 0 Å². The van der Waals surface area contributed by atoms with Gasteiger partial charge in [-0.1, -0.05) is 0 Å². The predicted octanol–water partition coefficient (Wildman–Crippen LogP) is 5.27. The lowest BCUT2D eigenvalue weighted by Crippen LogP contribution is -2.05. The Morgan fingerprint density at radius 2 is 2.10 bits per heavy atom. The van der Waals surface area contributed by atoms with Gasteiger partial charge in [-0.15, -0.1) is 11.3 Å². The van der Waals surface area contributed by atoms with Crippen LogP contribution in [0.4, 0.5) is 5.69 Å². The third-order valence-corrected chi connectivity index (χ3v) is 6.09. The van der Waals surface area contributed by atoms with Crippen LogP contribution in [0.2, 0.25) is 0 Å². The van der Waals surface area contributed by atoms with Gasteiger partial charge in [0.05, 0.1) is 17.9 Å². The quantitative estimate of drug-likeness (QED) is 0.763. The highest BCUT2D eigenvalue weighted by atomic mass is 79.9. The fourth-order valence-corrected chi connectivity index (χ4v) is 4.16. The molecule has 106 valence electrons. The van der Waals surface area contributed by atoms with E-state index in [1.165, 1.54) is 30.6 Å². The molecule has 0 aromatic carbocycles. The standard InChI is InChI=1S/C16H19BrN2S/c1-10-7-13(9-18-16(10)17)19-11(2)15-8-12-5-3-4-6-14(12)20-15/h7-9,11,19H,3-6H2,1-2H3. The zero-order valence-electron chi connectivity index (χ0n) is 11.9. The van der Waals surface area contributed by atoms with E-state index in [1.54, 1.807) is 10.4 Å². The molecule has 0 spiro atoms. The van der Waals surface area contributed by atoms with Gasteiger partial charge in [-0.3, -0.25) is 0 Å². The molecule has 2 nitrogen and oxygen atoms in total. The molecule has 0 saturated heterocycles. The molecule has 0 bridgehead atoms. The van der Waals surface area contributed by atoms with Gasteiger partial charge in [-0.05, 0) is 78.7 Å². The van der Waals surface area contributed by atoms with E-state index in [1.807, 2.05) is 17.5 Å². The number of aromatic nitrogens is 1. The summed E-state index contributed by atoms with van der Waals surface area (Å²) in [4.78, 5) is 7.39. The maximum atomic E-state index is 4.35. The summed E-state index contributed by atoms with van der Waals surface area (Å²) < 4.78 is 0.919. The van der Waals surface area contributed by atoms with E-state index in [0.717, 1.165) is 15.9 Å². The third kappa shape index (κ3) is 2.91. The van der Waals surface area contributed by atoms with Crippen molar-refractivity contribution in [2.24, 2.45) is 0 Å². The van der Waals surface area contributed by atoms with Crippen LogP contribution in [0.15, 0.2) is 22.9 Å². The summed E-state index contributed by atoms with van der Waals surface area (Å²) in [5.74, 6) is 0. The average Bonchev–Trinajstić information content (AvgIpc) is 2.87. The van der Waals surface area contributed by atoms with Crippen molar-refractivity contribution in [3.05, 3.63) is 43.8 Å². The van der Waals surface area contributed by atoms with Gasteiger partial charge in [0.25, 0.3) is 0 Å². The van der Waals surface area contributed by atoms with Crippen LogP contribution in [0.25, 0.3) is 0 Å². The maximum Gasteiger partial charge on any atom is 0.109 e. The van der Waals surface area contributed by atoms with Crippen molar-refractivity contribution in [2.45, 2.75) is 45.6 Å². The summed E-state index contributed by atoms with van der Waals surface area (Å²) in [6.45, 7) is 4.30. The number of aryl methyl sites for hydroxylation is 3. The van der Waals surface area contributed by atoms with Gasteiger partial charge in [0.1, 0.15) is 4.60 Å². The molecular formula is C16H19BrN2S. The number of halogens is 1. The number of rotatable bonds is 3. The predicted molar refractivity (Wildman–Crippen MR) is 89.7 cm³/mol. The summed E-state index contributed by atoms with van der Waals surface area (Å²) in [5.41, 5.74) is 3.83. The minimum atomic E-state index is 0.341. The van der Waals surface area contributed by atoms with Gasteiger partial charge in [0.2, 0.25) is 0 Å². The fraction of sp³-hybridized carbons (Fsp3) is 0.438. The SMILES string of the molecule is Cc1cc(NC(C)c2cc3c(s2)CCCC3)cnc1Br. The van der Waals surface area contributed by atoms with E-state index in [0.29, 0.717) is 6.04 Å². The van der Waals surface area contributed by atoms with Crippen molar-refractivity contribution in [3.8, 4) is 0 Å². The van der Waals surface area contributed by atoms with Crippen LogP contribution in [0.5, 0.6) is 0 Å². The molecule has 2 heterocycles. The van der Waals surface area contributed by atoms with Crippen LogP contribution in [0.1, 0.15) is 46.7 Å². The van der Waals surface area contributed by atoms with Crippen molar-refractivity contribution in [1.29, 1.82) is 0 Å². The lowest BCUT2D eigenvalue weighted by molar-refractivity contribution is 0.696. The van der Waals surface area contributed by atoms with E-state index in [-0.39, 0.29) is 0 Å². The largest absolute Gasteiger partial charge is 0.376 e. The molecule has 0 amide bonds. The number of fused-ring (bicyclic) bond motifs is 1. The number of hydrogen-bond donors (Lipinski definition) is 1. The van der Waals surface area contributed by atoms with Crippen molar-refractivity contribution in [2.75, 3.05) is 5.32 Å². The highest BCUT2D eigenvalue weighted by molar-refractivity contribution is 9.10. The van der Waals surface area contributed by atoms with Crippen LogP contribution in [-0.2, 0) is 12.8 Å². The van der Waals surface area contributed by atoms with Crippen molar-refractivity contribution in [3.63, 3.8) is 0 Å². The lowest BCUT2D eigenvalue weighted by atomic mass is 9.99. The first kappa shape index (κ1) is 14.1. The topological polar surface area (TPSA) is 24.9 Å². The van der Waals surface area contributed by atoms with Crippen LogP contribution in [-0.4, -0.2) is 4.98 Å². The second-order valence-electron chi connectivity index (χ2n) is 5.50. The molecule has 2 aromatic heterocycles. The van der Waals surface area contributed by atoms with E-state index in [4.69, 9.17) is 0 Å². The molecule has 1 N–H and O–H groups in total. The van der Waals surface area contributed by atoms with Gasteiger partial charge in [-0.2, -0.15) is 0 Å². The Morgan fingerprint density at radius 1 is 1.30 bits per heavy atom. The van der Waals surface area contributed by atoms with Crippen LogP contribution < -0.4 is 5.32 Å². The molecule has 1 atom stereocenters. The molecule has 1 aliphatic carbocycles. The van der Waals surface area contributed by atoms with Gasteiger partial charge >= 0.3 is 0 Å². The molecule has 0 fully saturated rings. The monoisotopic (exact) mass is 350 g/mol. The summed E-state index contributed by atoms with van der Waals surface area (Å²) in [6.07, 6.45) is 7.12. The molecule has 3 rings (SSSR count). The Balaban J connectivity index is 1.76. The second kappa shape index (κ2) is 5.86. The highest BCUT2D eigenvalue weighted by Gasteiger charge is 2.16. The summed E-state index contributed by atoms with van der Waals surface area (Å²) in [5, 5.41) is 3.56. The number of nitrogens with one attached hydrogen (secondary N) is 1. The maximum absolute atomic E-state index is 4.35. The number of hydrogen-bond acceptors (Lipinski definition) is 3. The number of anilines is 1. The Hall–Kier alpha value is -0.870.